The molecule has 0 aromatic heterocycles. The molecule has 1 aromatic carbocycles. The fraction of sp³-hybridized carbons (Fsp3) is 0.462. The van der Waals surface area contributed by atoms with Crippen LogP contribution in [0.15, 0.2) is 24.3 Å². The van der Waals surface area contributed by atoms with Crippen LogP contribution in [0, 0.1) is 0 Å². The molecule has 118 valence electrons. The average Bonchev–Trinajstić information content (AvgIpc) is 2.38. The standard InChI is InChI=1S/C13H15F3N2O2.ClH/c14-13(15,16)20-11-5-1-3-9(7-11)12(19)18-10-4-2-6-17-8-10;/h1,3,5,7,10,17H,2,4,6,8H2,(H,18,19);1H/t10-;/m0./s1. The lowest BCUT2D eigenvalue weighted by Crippen LogP contribution is -2.45. The maximum atomic E-state index is 12.1. The van der Waals surface area contributed by atoms with E-state index in [-0.39, 0.29) is 24.0 Å². The summed E-state index contributed by atoms with van der Waals surface area (Å²) in [6.07, 6.45) is -2.94. The lowest BCUT2D eigenvalue weighted by Gasteiger charge is -2.23. The molecule has 1 fully saturated rings. The first-order valence-electron chi connectivity index (χ1n) is 6.31. The maximum Gasteiger partial charge on any atom is 0.573 e. The Balaban J connectivity index is 0.00000220. The largest absolute Gasteiger partial charge is 0.573 e. The second-order valence-corrected chi connectivity index (χ2v) is 4.59. The van der Waals surface area contributed by atoms with Crippen molar-refractivity contribution in [3.8, 4) is 5.75 Å². The topological polar surface area (TPSA) is 50.4 Å². The molecule has 0 radical (unpaired) electrons. The van der Waals surface area contributed by atoms with Crippen molar-refractivity contribution in [2.75, 3.05) is 13.1 Å². The van der Waals surface area contributed by atoms with E-state index in [0.717, 1.165) is 31.5 Å². The van der Waals surface area contributed by atoms with Gasteiger partial charge in [-0.15, -0.1) is 25.6 Å². The molecular weight excluding hydrogens is 309 g/mol. The Bertz CT molecular complexity index is 477. The fourth-order valence-electron chi connectivity index (χ4n) is 2.08. The van der Waals surface area contributed by atoms with E-state index in [1.165, 1.54) is 12.1 Å². The molecule has 1 saturated heterocycles. The Labute approximate surface area is 126 Å². The molecule has 4 nitrogen and oxygen atoms in total. The molecule has 1 aliphatic rings. The number of rotatable bonds is 3. The minimum absolute atomic E-state index is 0. The highest BCUT2D eigenvalue weighted by molar-refractivity contribution is 5.94. The number of carbonyl (C=O) groups is 1. The van der Waals surface area contributed by atoms with Crippen LogP contribution in [0.3, 0.4) is 0 Å². The first-order chi connectivity index (χ1) is 9.44. The second-order valence-electron chi connectivity index (χ2n) is 4.59. The van der Waals surface area contributed by atoms with E-state index in [2.05, 4.69) is 15.4 Å². The zero-order chi connectivity index (χ0) is 14.6. The summed E-state index contributed by atoms with van der Waals surface area (Å²) in [5.74, 6) is -0.793. The van der Waals surface area contributed by atoms with Crippen LogP contribution in [0.25, 0.3) is 0 Å². The van der Waals surface area contributed by atoms with Crippen molar-refractivity contribution >= 4 is 18.3 Å². The molecule has 1 aliphatic heterocycles. The van der Waals surface area contributed by atoms with Gasteiger partial charge in [0.15, 0.2) is 0 Å². The van der Waals surface area contributed by atoms with Crippen LogP contribution >= 0.6 is 12.4 Å². The summed E-state index contributed by atoms with van der Waals surface area (Å²) in [6.45, 7) is 1.59. The summed E-state index contributed by atoms with van der Waals surface area (Å²) in [7, 11) is 0. The summed E-state index contributed by atoms with van der Waals surface area (Å²) in [6, 6.07) is 5.05. The Morgan fingerprint density at radius 3 is 2.76 bits per heavy atom. The predicted octanol–water partition coefficient (Wildman–Crippen LogP) is 2.49. The molecule has 0 aliphatic carbocycles. The van der Waals surface area contributed by atoms with Crippen LogP contribution in [0.4, 0.5) is 13.2 Å². The van der Waals surface area contributed by atoms with Gasteiger partial charge in [-0.05, 0) is 37.6 Å². The van der Waals surface area contributed by atoms with Crippen molar-refractivity contribution in [2.24, 2.45) is 0 Å². The number of benzene rings is 1. The van der Waals surface area contributed by atoms with Gasteiger partial charge in [-0.3, -0.25) is 4.79 Å². The van der Waals surface area contributed by atoms with Gasteiger partial charge in [0.25, 0.3) is 5.91 Å². The molecule has 0 saturated carbocycles. The van der Waals surface area contributed by atoms with Gasteiger partial charge in [-0.2, -0.15) is 0 Å². The molecule has 21 heavy (non-hydrogen) atoms. The smallest absolute Gasteiger partial charge is 0.406 e. The first-order valence-corrected chi connectivity index (χ1v) is 6.31. The van der Waals surface area contributed by atoms with Gasteiger partial charge < -0.3 is 15.4 Å². The van der Waals surface area contributed by atoms with Gasteiger partial charge in [0.1, 0.15) is 5.75 Å². The minimum Gasteiger partial charge on any atom is -0.406 e. The molecule has 1 heterocycles. The predicted molar refractivity (Wildman–Crippen MR) is 73.7 cm³/mol. The SMILES string of the molecule is Cl.O=C(N[C@H]1CCCNC1)c1cccc(OC(F)(F)F)c1. The Hall–Kier alpha value is -1.47. The van der Waals surface area contributed by atoms with Crippen LogP contribution in [-0.4, -0.2) is 31.4 Å². The lowest BCUT2D eigenvalue weighted by atomic mass is 10.1. The van der Waals surface area contributed by atoms with Crippen molar-refractivity contribution in [1.82, 2.24) is 10.6 Å². The number of carbonyl (C=O) groups excluding carboxylic acids is 1. The molecule has 2 N–H and O–H groups in total. The molecule has 2 rings (SSSR count). The van der Waals surface area contributed by atoms with Crippen LogP contribution in [-0.2, 0) is 0 Å². The van der Waals surface area contributed by atoms with Crippen molar-refractivity contribution in [3.63, 3.8) is 0 Å². The molecule has 1 amide bonds. The summed E-state index contributed by atoms with van der Waals surface area (Å²) in [4.78, 5) is 12.0. The summed E-state index contributed by atoms with van der Waals surface area (Å²) in [5.41, 5.74) is 0.150. The minimum atomic E-state index is -4.76. The van der Waals surface area contributed by atoms with Gasteiger partial charge in [0.2, 0.25) is 0 Å². The normalized spacial score (nSPS) is 18.5. The first kappa shape index (κ1) is 17.6. The van der Waals surface area contributed by atoms with Crippen LogP contribution in [0.5, 0.6) is 5.75 Å². The highest BCUT2D eigenvalue weighted by Crippen LogP contribution is 2.23. The zero-order valence-corrected chi connectivity index (χ0v) is 11.9. The van der Waals surface area contributed by atoms with Gasteiger partial charge in [-0.1, -0.05) is 6.07 Å². The van der Waals surface area contributed by atoms with E-state index in [1.54, 1.807) is 0 Å². The molecule has 0 bridgehead atoms. The van der Waals surface area contributed by atoms with E-state index in [9.17, 15) is 18.0 Å². The third kappa shape index (κ3) is 5.81. The van der Waals surface area contributed by atoms with Gasteiger partial charge in [-0.25, -0.2) is 0 Å². The van der Waals surface area contributed by atoms with Crippen LogP contribution in [0.1, 0.15) is 23.2 Å². The van der Waals surface area contributed by atoms with E-state index in [0.29, 0.717) is 6.54 Å². The van der Waals surface area contributed by atoms with E-state index < -0.39 is 18.0 Å². The number of piperidine rings is 1. The highest BCUT2D eigenvalue weighted by atomic mass is 35.5. The summed E-state index contributed by atoms with van der Waals surface area (Å²) >= 11 is 0. The molecule has 1 aromatic rings. The Kier molecular flexibility index (Phi) is 6.29. The highest BCUT2D eigenvalue weighted by Gasteiger charge is 2.31. The number of amides is 1. The van der Waals surface area contributed by atoms with Gasteiger partial charge in [0, 0.05) is 18.2 Å². The van der Waals surface area contributed by atoms with Crippen LogP contribution < -0.4 is 15.4 Å². The fourth-order valence-corrected chi connectivity index (χ4v) is 2.08. The molecule has 1 atom stereocenters. The van der Waals surface area contributed by atoms with Crippen molar-refractivity contribution in [3.05, 3.63) is 29.8 Å². The third-order valence-electron chi connectivity index (χ3n) is 2.96. The lowest BCUT2D eigenvalue weighted by molar-refractivity contribution is -0.274. The van der Waals surface area contributed by atoms with Gasteiger partial charge >= 0.3 is 6.36 Å². The van der Waals surface area contributed by atoms with E-state index >= 15 is 0 Å². The quantitative estimate of drug-likeness (QED) is 0.898. The molecule has 0 unspecified atom stereocenters. The Morgan fingerprint density at radius 2 is 2.14 bits per heavy atom. The zero-order valence-electron chi connectivity index (χ0n) is 11.1. The van der Waals surface area contributed by atoms with Gasteiger partial charge in [0.05, 0.1) is 0 Å². The average molecular weight is 325 g/mol. The number of halogens is 4. The van der Waals surface area contributed by atoms with Crippen molar-refractivity contribution < 1.29 is 22.7 Å². The Morgan fingerprint density at radius 1 is 1.38 bits per heavy atom. The number of ether oxygens (including phenoxy) is 1. The second kappa shape index (κ2) is 7.51. The van der Waals surface area contributed by atoms with Crippen molar-refractivity contribution in [2.45, 2.75) is 25.2 Å². The van der Waals surface area contributed by atoms with E-state index in [4.69, 9.17) is 0 Å². The number of hydrogen-bond acceptors (Lipinski definition) is 3. The third-order valence-corrected chi connectivity index (χ3v) is 2.96. The van der Waals surface area contributed by atoms with E-state index in [1.807, 2.05) is 0 Å². The number of hydrogen-bond donors (Lipinski definition) is 2. The molecular formula is C13H16ClF3N2O2. The number of alkyl halides is 3. The molecule has 0 spiro atoms. The molecule has 8 heteroatoms. The van der Waals surface area contributed by atoms with Crippen molar-refractivity contribution in [1.29, 1.82) is 0 Å². The maximum absolute atomic E-state index is 12.1. The summed E-state index contributed by atoms with van der Waals surface area (Å²) < 4.78 is 40.1. The number of nitrogens with one attached hydrogen (secondary N) is 2. The summed E-state index contributed by atoms with van der Waals surface area (Å²) in [5, 5.41) is 5.93. The van der Waals surface area contributed by atoms with Crippen LogP contribution in [0.2, 0.25) is 0 Å². The monoisotopic (exact) mass is 324 g/mol.